The summed E-state index contributed by atoms with van der Waals surface area (Å²) in [6.45, 7) is 1.88. The number of carboxylic acid groups (broad SMARTS) is 1. The van der Waals surface area contributed by atoms with Gasteiger partial charge in [0.1, 0.15) is 23.1 Å². The number of fused-ring (bicyclic) bond motifs is 1. The molecule has 0 bridgehead atoms. The number of benzene rings is 1. The summed E-state index contributed by atoms with van der Waals surface area (Å²) in [6.07, 6.45) is 1.47. The van der Waals surface area contributed by atoms with Gasteiger partial charge >= 0.3 is 0 Å². The lowest BCUT2D eigenvalue weighted by molar-refractivity contribution is -0.571. The number of hydrogen-bond acceptors (Lipinski definition) is 5. The van der Waals surface area contributed by atoms with Crippen LogP contribution in [0.2, 0.25) is 0 Å². The molecule has 0 atom stereocenters. The Hall–Kier alpha value is -2.31. The maximum Gasteiger partial charge on any atom is 0.237 e. The zero-order chi connectivity index (χ0) is 14.8. The Morgan fingerprint density at radius 1 is 1.29 bits per heavy atom. The van der Waals surface area contributed by atoms with Crippen LogP contribution >= 0.6 is 11.3 Å². The highest BCUT2D eigenvalue weighted by atomic mass is 32.1. The van der Waals surface area contributed by atoms with Crippen molar-refractivity contribution < 1.29 is 15.2 Å². The minimum absolute atomic E-state index is 0.158. The maximum absolute atomic E-state index is 10.7. The van der Waals surface area contributed by atoms with E-state index in [0.29, 0.717) is 5.82 Å². The van der Waals surface area contributed by atoms with Crippen molar-refractivity contribution in [2.45, 2.75) is 6.92 Å². The summed E-state index contributed by atoms with van der Waals surface area (Å²) in [6, 6.07) is 9.99. The lowest BCUT2D eigenvalue weighted by atomic mass is 10.0. The molecule has 0 saturated carbocycles. The number of aryl methyl sites for hydroxylation is 1. The van der Waals surface area contributed by atoms with E-state index in [0.717, 1.165) is 26.2 Å². The molecule has 2 aromatic heterocycles. The van der Waals surface area contributed by atoms with Crippen LogP contribution in [-0.4, -0.2) is 22.5 Å². The van der Waals surface area contributed by atoms with E-state index >= 15 is 0 Å². The number of carbonyl (C=O) groups is 1. The molecular formula is C15H13N3O2S. The monoisotopic (exact) mass is 299 g/mol. The topological polar surface area (TPSA) is 82.5 Å². The Labute approximate surface area is 125 Å². The average Bonchev–Trinajstić information content (AvgIpc) is 2.82. The number of nitrogens with two attached hydrogens (primary N) is 1. The molecule has 1 aromatic carbocycles. The van der Waals surface area contributed by atoms with Crippen molar-refractivity contribution in [3.8, 4) is 11.1 Å². The molecule has 0 saturated heterocycles. The molecule has 3 rings (SSSR count). The summed E-state index contributed by atoms with van der Waals surface area (Å²) in [4.78, 5) is 21.2. The van der Waals surface area contributed by atoms with E-state index in [1.807, 2.05) is 37.3 Å². The summed E-state index contributed by atoms with van der Waals surface area (Å²) in [5, 5.41) is 13.2. The van der Waals surface area contributed by atoms with Crippen LogP contribution in [0.1, 0.15) is 4.88 Å². The third kappa shape index (κ3) is 2.63. The Balaban J connectivity index is 2.19. The van der Waals surface area contributed by atoms with Crippen LogP contribution in [0.15, 0.2) is 36.7 Å². The van der Waals surface area contributed by atoms with Crippen LogP contribution in [0, 0.1) is 6.92 Å². The van der Waals surface area contributed by atoms with Crippen LogP contribution in [0.25, 0.3) is 21.3 Å². The summed E-state index contributed by atoms with van der Waals surface area (Å²) in [5.41, 5.74) is 2.15. The molecule has 6 heteroatoms. The first-order valence-electron chi connectivity index (χ1n) is 6.49. The Kier molecular flexibility index (Phi) is 3.64. The molecule has 0 aliphatic heterocycles. The van der Waals surface area contributed by atoms with Gasteiger partial charge in [0.2, 0.25) is 5.82 Å². The standard InChI is InChI=1S/C15H13N3O2S/c1-9-12(10-5-3-2-4-6-10)13-14(16-7-11(19)20)17-8-18-15(13)21-9/h2-6,8H,7H2,1H3,(H,19,20)(H,16,17,18). The molecule has 0 fully saturated rings. The molecular weight excluding hydrogens is 286 g/mol. The Bertz CT molecular complexity index is 799. The average molecular weight is 299 g/mol. The number of aromatic nitrogens is 2. The zero-order valence-electron chi connectivity index (χ0n) is 11.4. The highest BCUT2D eigenvalue weighted by molar-refractivity contribution is 7.19. The molecule has 21 heavy (non-hydrogen) atoms. The predicted octanol–water partition coefficient (Wildman–Crippen LogP) is 0.612. The van der Waals surface area contributed by atoms with Gasteiger partial charge in [-0.3, -0.25) is 5.32 Å². The number of quaternary nitrogens is 1. The van der Waals surface area contributed by atoms with Gasteiger partial charge in [-0.05, 0) is 12.5 Å². The third-order valence-electron chi connectivity index (χ3n) is 3.22. The number of carbonyl (C=O) groups excluding carboxylic acids is 1. The molecule has 3 aromatic rings. The molecule has 106 valence electrons. The fourth-order valence-corrected chi connectivity index (χ4v) is 3.37. The Morgan fingerprint density at radius 3 is 2.76 bits per heavy atom. The van der Waals surface area contributed by atoms with Crippen molar-refractivity contribution in [2.24, 2.45) is 0 Å². The first-order valence-corrected chi connectivity index (χ1v) is 7.31. The number of nitrogens with zero attached hydrogens (tertiary/aromatic N) is 2. The molecule has 0 amide bonds. The van der Waals surface area contributed by atoms with Gasteiger partial charge in [0, 0.05) is 10.4 Å². The second kappa shape index (κ2) is 5.59. The molecule has 0 spiro atoms. The van der Waals surface area contributed by atoms with E-state index in [-0.39, 0.29) is 6.54 Å². The minimum Gasteiger partial charge on any atom is -0.544 e. The van der Waals surface area contributed by atoms with E-state index < -0.39 is 5.97 Å². The summed E-state index contributed by atoms with van der Waals surface area (Å²) >= 11 is 1.59. The van der Waals surface area contributed by atoms with E-state index in [1.54, 1.807) is 16.7 Å². The van der Waals surface area contributed by atoms with Gasteiger partial charge in [-0.25, -0.2) is 4.98 Å². The van der Waals surface area contributed by atoms with Crippen molar-refractivity contribution in [1.82, 2.24) is 9.97 Å². The minimum atomic E-state index is -1.12. The van der Waals surface area contributed by atoms with Crippen molar-refractivity contribution >= 4 is 33.3 Å². The van der Waals surface area contributed by atoms with Crippen LogP contribution in [-0.2, 0) is 4.79 Å². The van der Waals surface area contributed by atoms with Crippen LogP contribution in [0.5, 0.6) is 0 Å². The third-order valence-corrected chi connectivity index (χ3v) is 4.23. The van der Waals surface area contributed by atoms with Crippen molar-refractivity contribution in [3.05, 3.63) is 41.5 Å². The van der Waals surface area contributed by atoms with Gasteiger partial charge in [-0.2, -0.15) is 4.98 Å². The van der Waals surface area contributed by atoms with Crippen LogP contribution in [0.3, 0.4) is 0 Å². The molecule has 2 N–H and O–H groups in total. The fourth-order valence-electron chi connectivity index (χ4n) is 2.35. The molecule has 0 aliphatic rings. The van der Waals surface area contributed by atoms with Gasteiger partial charge in [-0.15, -0.1) is 11.3 Å². The van der Waals surface area contributed by atoms with Crippen molar-refractivity contribution in [2.75, 3.05) is 6.54 Å². The summed E-state index contributed by atoms with van der Waals surface area (Å²) in [7, 11) is 0. The predicted molar refractivity (Wildman–Crippen MR) is 79.0 cm³/mol. The summed E-state index contributed by atoms with van der Waals surface area (Å²) in [5.74, 6) is -0.470. The smallest absolute Gasteiger partial charge is 0.237 e. The molecule has 0 unspecified atom stereocenters. The van der Waals surface area contributed by atoms with E-state index in [4.69, 9.17) is 0 Å². The molecule has 2 heterocycles. The summed E-state index contributed by atoms with van der Waals surface area (Å²) < 4.78 is 0. The van der Waals surface area contributed by atoms with Gasteiger partial charge in [0.05, 0.1) is 5.97 Å². The number of carboxylic acids is 1. The maximum atomic E-state index is 10.7. The van der Waals surface area contributed by atoms with E-state index in [9.17, 15) is 9.90 Å². The highest BCUT2D eigenvalue weighted by Gasteiger charge is 2.18. The van der Waals surface area contributed by atoms with Crippen LogP contribution < -0.4 is 10.4 Å². The second-order valence-electron chi connectivity index (χ2n) is 4.62. The van der Waals surface area contributed by atoms with Crippen molar-refractivity contribution in [1.29, 1.82) is 0 Å². The van der Waals surface area contributed by atoms with E-state index in [1.165, 1.54) is 6.33 Å². The van der Waals surface area contributed by atoms with Crippen LogP contribution in [0.4, 0.5) is 5.82 Å². The van der Waals surface area contributed by atoms with Gasteiger partial charge in [0.15, 0.2) is 0 Å². The molecule has 0 radical (unpaired) electrons. The SMILES string of the molecule is Cc1sc2ncnc([NH2+]CC(=O)[O-])c2c1-c1ccccc1. The van der Waals surface area contributed by atoms with Gasteiger partial charge in [-0.1, -0.05) is 30.3 Å². The molecule has 5 nitrogen and oxygen atoms in total. The second-order valence-corrected chi connectivity index (χ2v) is 5.82. The first kappa shape index (κ1) is 13.7. The lowest BCUT2D eigenvalue weighted by Crippen LogP contribution is -2.81. The fraction of sp³-hybridized carbons (Fsp3) is 0.133. The number of thiophene rings is 1. The molecule has 0 aliphatic carbocycles. The van der Waals surface area contributed by atoms with Gasteiger partial charge in [0.25, 0.3) is 0 Å². The largest absolute Gasteiger partial charge is 0.544 e. The van der Waals surface area contributed by atoms with E-state index in [2.05, 4.69) is 9.97 Å². The first-order chi connectivity index (χ1) is 10.2. The van der Waals surface area contributed by atoms with Gasteiger partial charge < -0.3 is 9.90 Å². The number of hydrogen-bond donors (Lipinski definition) is 1. The zero-order valence-corrected chi connectivity index (χ0v) is 12.2. The number of aliphatic carboxylic acids is 1. The highest BCUT2D eigenvalue weighted by Crippen LogP contribution is 2.38. The quantitative estimate of drug-likeness (QED) is 0.765. The normalized spacial score (nSPS) is 10.9. The lowest BCUT2D eigenvalue weighted by Gasteiger charge is -2.05. The number of rotatable bonds is 4. The Morgan fingerprint density at radius 2 is 2.05 bits per heavy atom. The van der Waals surface area contributed by atoms with Crippen molar-refractivity contribution in [3.63, 3.8) is 0 Å².